The van der Waals surface area contributed by atoms with E-state index in [0.29, 0.717) is 0 Å². The molecule has 8 heteroatoms. The van der Waals surface area contributed by atoms with Crippen LogP contribution in [0, 0.1) is 0 Å². The molecule has 1 aromatic rings. The lowest BCUT2D eigenvalue weighted by Gasteiger charge is -1.90. The molecule has 0 atom stereocenters. The molecule has 0 radical (unpaired) electrons. The Morgan fingerprint density at radius 3 is 1.67 bits per heavy atom. The van der Waals surface area contributed by atoms with Crippen LogP contribution in [0.3, 0.4) is 0 Å². The topological polar surface area (TPSA) is 64.3 Å². The van der Waals surface area contributed by atoms with Crippen LogP contribution in [0.25, 0.3) is 0 Å². The maximum atomic E-state index is 10.9. The van der Waals surface area contributed by atoms with Crippen LogP contribution in [-0.2, 0) is 0 Å². The molecule has 15 heavy (non-hydrogen) atoms. The van der Waals surface area contributed by atoms with Crippen molar-refractivity contribution in [3.05, 3.63) is 17.1 Å². The third kappa shape index (κ3) is 2.36. The van der Waals surface area contributed by atoms with Gasteiger partial charge in [-0.25, -0.2) is 0 Å². The molecule has 0 N–H and O–H groups in total. The largest absolute Gasteiger partial charge is 0.445 e. The summed E-state index contributed by atoms with van der Waals surface area (Å²) in [6.07, 6.45) is 0. The number of halogens is 3. The Bertz CT molecular complexity index is 465. The summed E-state index contributed by atoms with van der Waals surface area (Å²) in [4.78, 5) is 32.3. The van der Waals surface area contributed by atoms with E-state index in [1.54, 1.807) is 0 Å². The normalized spacial score (nSPS) is 10.1. The Morgan fingerprint density at radius 2 is 1.40 bits per heavy atom. The molecule has 0 amide bonds. The third-order valence-electron chi connectivity index (χ3n) is 1.44. The number of carbonyl (C=O) groups is 3. The fraction of sp³-hybridized carbons (Fsp3) is 0. The average molecular weight is 288 g/mol. The molecule has 0 aliphatic heterocycles. The molecule has 0 spiro atoms. The minimum atomic E-state index is -1.07. The quantitative estimate of drug-likeness (QED) is 0.686. The number of thiol groups is 1. The molecule has 4 nitrogen and oxygen atoms in total. The molecule has 0 aliphatic rings. The second kappa shape index (κ2) is 4.57. The number of rotatable bonds is 3. The first-order chi connectivity index (χ1) is 6.86. The smallest absolute Gasteiger partial charge is 0.288 e. The Labute approximate surface area is 104 Å². The van der Waals surface area contributed by atoms with Crippen molar-refractivity contribution < 1.29 is 18.8 Å². The molecule has 1 rings (SSSR count). The highest BCUT2D eigenvalue weighted by molar-refractivity contribution is 7.80. The molecule has 0 fully saturated rings. The second-order valence-corrected chi connectivity index (χ2v) is 3.78. The number of carbonyl (C=O) groups excluding carboxylic acids is 3. The van der Waals surface area contributed by atoms with Gasteiger partial charge in [0.2, 0.25) is 5.76 Å². The first-order valence-electron chi connectivity index (χ1n) is 3.31. The van der Waals surface area contributed by atoms with Gasteiger partial charge in [-0.2, -0.15) is 0 Å². The second-order valence-electron chi connectivity index (χ2n) is 2.31. The molecule has 0 aromatic carbocycles. The van der Waals surface area contributed by atoms with Crippen LogP contribution < -0.4 is 0 Å². The summed E-state index contributed by atoms with van der Waals surface area (Å²) in [5.74, 6) is -1.00. The fourth-order valence-electron chi connectivity index (χ4n) is 0.876. The molecule has 0 saturated carbocycles. The van der Waals surface area contributed by atoms with E-state index in [-0.39, 0.29) is 10.5 Å². The predicted octanol–water partition coefficient (Wildman–Crippen LogP) is 2.71. The van der Waals surface area contributed by atoms with Gasteiger partial charge in [0.25, 0.3) is 15.7 Å². The van der Waals surface area contributed by atoms with Gasteiger partial charge >= 0.3 is 0 Å². The third-order valence-corrected chi connectivity index (χ3v) is 2.40. The van der Waals surface area contributed by atoms with Crippen molar-refractivity contribution in [2.45, 2.75) is 4.90 Å². The highest BCUT2D eigenvalue weighted by Crippen LogP contribution is 2.30. The van der Waals surface area contributed by atoms with Gasteiger partial charge < -0.3 is 4.42 Å². The van der Waals surface area contributed by atoms with Gasteiger partial charge in [-0.3, -0.25) is 14.4 Å². The van der Waals surface area contributed by atoms with Gasteiger partial charge in [0, 0.05) is 0 Å². The Morgan fingerprint density at radius 1 is 0.933 bits per heavy atom. The molecular weight excluding hydrogens is 286 g/mol. The van der Waals surface area contributed by atoms with E-state index >= 15 is 0 Å². The monoisotopic (exact) mass is 286 g/mol. The highest BCUT2D eigenvalue weighted by Gasteiger charge is 2.28. The van der Waals surface area contributed by atoms with E-state index in [1.165, 1.54) is 0 Å². The molecule has 0 aliphatic carbocycles. The standard InChI is InChI=1S/C7HCl3O4S/c8-5(11)1-2(6(9)12)14-3(4(1)15)7(10)13/h15H. The Balaban J connectivity index is 3.53. The maximum Gasteiger partial charge on any atom is 0.288 e. The van der Waals surface area contributed by atoms with Crippen molar-refractivity contribution >= 4 is 63.2 Å². The van der Waals surface area contributed by atoms with Crippen molar-refractivity contribution in [2.24, 2.45) is 0 Å². The van der Waals surface area contributed by atoms with Crippen molar-refractivity contribution in [3.63, 3.8) is 0 Å². The van der Waals surface area contributed by atoms with Gasteiger partial charge in [-0.15, -0.1) is 12.6 Å². The Hall–Kier alpha value is -0.490. The van der Waals surface area contributed by atoms with Crippen molar-refractivity contribution in [1.82, 2.24) is 0 Å². The lowest BCUT2D eigenvalue weighted by atomic mass is 10.2. The number of hydrogen-bond donors (Lipinski definition) is 1. The fourth-order valence-corrected chi connectivity index (χ4v) is 1.80. The molecule has 0 bridgehead atoms. The van der Waals surface area contributed by atoms with Crippen molar-refractivity contribution in [1.29, 1.82) is 0 Å². The van der Waals surface area contributed by atoms with Crippen LogP contribution >= 0.6 is 47.4 Å². The summed E-state index contributed by atoms with van der Waals surface area (Å²) < 4.78 is 4.69. The van der Waals surface area contributed by atoms with Crippen molar-refractivity contribution in [2.75, 3.05) is 0 Å². The first-order valence-corrected chi connectivity index (χ1v) is 4.89. The van der Waals surface area contributed by atoms with E-state index in [9.17, 15) is 14.4 Å². The highest BCUT2D eigenvalue weighted by atomic mass is 35.5. The molecule has 0 unspecified atom stereocenters. The van der Waals surface area contributed by atoms with E-state index in [2.05, 4.69) is 17.0 Å². The van der Waals surface area contributed by atoms with E-state index in [1.807, 2.05) is 0 Å². The lowest BCUT2D eigenvalue weighted by Crippen LogP contribution is -1.97. The summed E-state index contributed by atoms with van der Waals surface area (Å²) in [6.45, 7) is 0. The Kier molecular flexibility index (Phi) is 3.83. The van der Waals surface area contributed by atoms with Crippen LogP contribution in [0.4, 0.5) is 0 Å². The predicted molar refractivity (Wildman–Crippen MR) is 56.5 cm³/mol. The minimum absolute atomic E-state index is 0.209. The van der Waals surface area contributed by atoms with Gasteiger partial charge in [0.05, 0.1) is 10.5 Å². The number of hydrogen-bond acceptors (Lipinski definition) is 5. The summed E-state index contributed by atoms with van der Waals surface area (Å²) in [5.41, 5.74) is -0.371. The van der Waals surface area contributed by atoms with E-state index in [0.717, 1.165) is 0 Å². The van der Waals surface area contributed by atoms with Crippen molar-refractivity contribution in [3.8, 4) is 0 Å². The van der Waals surface area contributed by atoms with E-state index in [4.69, 9.17) is 34.8 Å². The lowest BCUT2D eigenvalue weighted by molar-refractivity contribution is 0.102. The summed E-state index contributed by atoms with van der Waals surface area (Å²) in [6, 6.07) is 0. The SMILES string of the molecule is O=C(Cl)c1oc(C(=O)Cl)c(C(=O)Cl)c1S. The minimum Gasteiger partial charge on any atom is -0.445 e. The summed E-state index contributed by atoms with van der Waals surface area (Å²) in [7, 11) is 0. The van der Waals surface area contributed by atoms with Crippen LogP contribution in [0.15, 0.2) is 9.31 Å². The van der Waals surface area contributed by atoms with Crippen LogP contribution in [0.5, 0.6) is 0 Å². The molecule has 80 valence electrons. The van der Waals surface area contributed by atoms with Crippen LogP contribution in [-0.4, -0.2) is 15.7 Å². The summed E-state index contributed by atoms with van der Waals surface area (Å²) in [5, 5.41) is -3.10. The maximum absolute atomic E-state index is 10.9. The van der Waals surface area contributed by atoms with Gasteiger partial charge in [-0.1, -0.05) is 0 Å². The zero-order valence-corrected chi connectivity index (χ0v) is 9.88. The molecular formula is C7HCl3O4S. The number of furan rings is 1. The van der Waals surface area contributed by atoms with Gasteiger partial charge in [-0.05, 0) is 34.8 Å². The zero-order valence-electron chi connectivity index (χ0n) is 6.71. The zero-order chi connectivity index (χ0) is 11.7. The average Bonchev–Trinajstić information content (AvgIpc) is 2.42. The van der Waals surface area contributed by atoms with Crippen LogP contribution in [0.2, 0.25) is 0 Å². The molecule has 1 heterocycles. The summed E-state index contributed by atoms with van der Waals surface area (Å²) >= 11 is 19.2. The molecule has 1 aromatic heterocycles. The van der Waals surface area contributed by atoms with Gasteiger partial charge in [0.15, 0.2) is 5.76 Å². The van der Waals surface area contributed by atoms with E-state index < -0.39 is 27.2 Å². The van der Waals surface area contributed by atoms with Gasteiger partial charge in [0.1, 0.15) is 0 Å². The van der Waals surface area contributed by atoms with Crippen LogP contribution in [0.1, 0.15) is 31.5 Å². The molecule has 0 saturated heterocycles. The first kappa shape index (κ1) is 12.6.